The van der Waals surface area contributed by atoms with Crippen molar-refractivity contribution in [1.82, 2.24) is 9.97 Å². The van der Waals surface area contributed by atoms with Gasteiger partial charge in [0.25, 0.3) is 11.5 Å². The number of rotatable bonds is 3. The van der Waals surface area contributed by atoms with Crippen molar-refractivity contribution >= 4 is 35.8 Å². The molecule has 3 heterocycles. The molecule has 0 bridgehead atoms. The summed E-state index contributed by atoms with van der Waals surface area (Å²) in [6.45, 7) is 1.67. The molecule has 8 heteroatoms. The maximum atomic E-state index is 13.2. The van der Waals surface area contributed by atoms with Gasteiger partial charge < -0.3 is 0 Å². The lowest BCUT2D eigenvalue weighted by atomic mass is 9.76. The normalized spacial score (nSPS) is 22.7. The molecule has 2 aromatic rings. The highest BCUT2D eigenvalue weighted by Gasteiger charge is 2.45. The highest BCUT2D eigenvalue weighted by atomic mass is 16.2. The number of ketones is 1. The van der Waals surface area contributed by atoms with E-state index in [2.05, 4.69) is 20.1 Å². The van der Waals surface area contributed by atoms with Crippen LogP contribution in [0, 0.1) is 18.8 Å². The molecule has 0 fully saturated rings. The Morgan fingerprint density at radius 2 is 1.94 bits per heavy atom. The first-order valence-corrected chi connectivity index (χ1v) is 10.0. The predicted octanol–water partition coefficient (Wildman–Crippen LogP) is 2.43. The van der Waals surface area contributed by atoms with E-state index in [4.69, 9.17) is 0 Å². The van der Waals surface area contributed by atoms with Crippen LogP contribution in [0.1, 0.15) is 24.1 Å². The smallest absolute Gasteiger partial charge is 0.265 e. The maximum absolute atomic E-state index is 13.2. The van der Waals surface area contributed by atoms with Gasteiger partial charge in [-0.1, -0.05) is 42.5 Å². The number of aliphatic imine (C=N–C) groups is 1. The molecule has 5 rings (SSSR count). The number of nitrogens with one attached hydrogen (secondary N) is 1. The topological polar surface area (TPSA) is 108 Å². The van der Waals surface area contributed by atoms with Gasteiger partial charge in [0.1, 0.15) is 5.92 Å². The lowest BCUT2D eigenvalue weighted by Gasteiger charge is -2.28. The van der Waals surface area contributed by atoms with Gasteiger partial charge in [-0.25, -0.2) is 9.98 Å². The monoisotopic (exact) mass is 413 g/mol. The fourth-order valence-electron chi connectivity index (χ4n) is 4.16. The van der Waals surface area contributed by atoms with Crippen LogP contribution in [0.2, 0.25) is 0 Å². The first kappa shape index (κ1) is 19.0. The van der Waals surface area contributed by atoms with Gasteiger partial charge in [-0.2, -0.15) is 5.01 Å². The number of amides is 1. The Hall–Kier alpha value is -3.94. The molecule has 0 spiro atoms. The third-order valence-corrected chi connectivity index (χ3v) is 5.59. The zero-order valence-electron chi connectivity index (χ0n) is 16.8. The molecule has 3 aliphatic rings. The Morgan fingerprint density at radius 1 is 1.13 bits per heavy atom. The van der Waals surface area contributed by atoms with Crippen LogP contribution in [0.15, 0.2) is 68.5 Å². The molecule has 1 aliphatic carbocycles. The van der Waals surface area contributed by atoms with E-state index >= 15 is 0 Å². The number of amidine groups is 1. The fraction of sp³-hybridized carbons (Fsp3) is 0.217. The summed E-state index contributed by atoms with van der Waals surface area (Å²) in [5, 5.41) is 5.36. The number of anilines is 1. The number of H-pyrrole nitrogens is 1. The second-order valence-electron chi connectivity index (χ2n) is 7.81. The van der Waals surface area contributed by atoms with E-state index in [1.165, 1.54) is 12.3 Å². The van der Waals surface area contributed by atoms with Crippen molar-refractivity contribution in [2.45, 2.75) is 19.8 Å². The molecule has 0 saturated carbocycles. The minimum Gasteiger partial charge on any atom is -0.294 e. The highest BCUT2D eigenvalue weighted by Crippen LogP contribution is 2.39. The molecule has 0 saturated heterocycles. The van der Waals surface area contributed by atoms with Crippen LogP contribution in [0.5, 0.6) is 0 Å². The van der Waals surface area contributed by atoms with Crippen LogP contribution in [0.3, 0.4) is 0 Å². The van der Waals surface area contributed by atoms with Crippen LogP contribution in [0.25, 0.3) is 6.08 Å². The van der Waals surface area contributed by atoms with Gasteiger partial charge in [-0.3, -0.25) is 19.4 Å². The van der Waals surface area contributed by atoms with Gasteiger partial charge in [0, 0.05) is 30.0 Å². The Bertz CT molecular complexity index is 1270. The summed E-state index contributed by atoms with van der Waals surface area (Å²) in [5.74, 6) is -0.778. The van der Waals surface area contributed by atoms with E-state index in [0.29, 0.717) is 29.9 Å². The standard InChI is InChI=1S/C23H19N5O3/c1-13-9-19(30)26-23(25-13)28-22(31)20-16-10-15(8-7-14-5-3-2-4-6-14)11-18(29)17(16)12-24-21(20)27-28/h2-9,12,15,20H,10-11H2,1H3,(H,25,26,30)/b8-7+. The zero-order valence-corrected chi connectivity index (χ0v) is 16.8. The largest absolute Gasteiger partial charge is 0.294 e. The van der Waals surface area contributed by atoms with E-state index < -0.39 is 5.92 Å². The Kier molecular flexibility index (Phi) is 4.54. The van der Waals surface area contributed by atoms with E-state index in [1.54, 1.807) is 6.92 Å². The molecule has 1 amide bonds. The summed E-state index contributed by atoms with van der Waals surface area (Å²) in [4.78, 5) is 48.8. The van der Waals surface area contributed by atoms with Gasteiger partial charge >= 0.3 is 0 Å². The number of hydrogen-bond acceptors (Lipinski definition) is 6. The molecule has 2 unspecified atom stereocenters. The predicted molar refractivity (Wildman–Crippen MR) is 117 cm³/mol. The second-order valence-corrected chi connectivity index (χ2v) is 7.81. The molecule has 1 N–H and O–H groups in total. The van der Waals surface area contributed by atoms with E-state index in [-0.39, 0.29) is 29.1 Å². The van der Waals surface area contributed by atoms with Gasteiger partial charge in [0.2, 0.25) is 5.95 Å². The molecule has 1 aromatic heterocycles. The second kappa shape index (κ2) is 7.39. The third-order valence-electron chi connectivity index (χ3n) is 5.59. The summed E-state index contributed by atoms with van der Waals surface area (Å²) < 4.78 is 0. The number of nitrogens with zero attached hydrogens (tertiary/aromatic N) is 4. The number of aromatic amines is 1. The van der Waals surface area contributed by atoms with E-state index in [0.717, 1.165) is 16.1 Å². The molecule has 2 atom stereocenters. The number of hydrogen-bond donors (Lipinski definition) is 1. The maximum Gasteiger partial charge on any atom is 0.265 e. The van der Waals surface area contributed by atoms with Gasteiger partial charge in [-0.05, 0) is 30.4 Å². The third kappa shape index (κ3) is 3.46. The Morgan fingerprint density at radius 3 is 2.71 bits per heavy atom. The van der Waals surface area contributed by atoms with Crippen molar-refractivity contribution in [2.24, 2.45) is 21.9 Å². The molecule has 31 heavy (non-hydrogen) atoms. The van der Waals surface area contributed by atoms with Crippen LogP contribution < -0.4 is 10.6 Å². The summed E-state index contributed by atoms with van der Waals surface area (Å²) in [7, 11) is 0. The quantitative estimate of drug-likeness (QED) is 0.834. The number of dihydropyridines is 1. The van der Waals surface area contributed by atoms with Gasteiger partial charge in [-0.15, -0.1) is 5.10 Å². The minimum absolute atomic E-state index is 0.0158. The van der Waals surface area contributed by atoms with Crippen LogP contribution in [-0.4, -0.2) is 33.7 Å². The molecule has 2 aliphatic heterocycles. The van der Waals surface area contributed by atoms with Crippen molar-refractivity contribution in [3.05, 3.63) is 75.2 Å². The first-order valence-electron chi connectivity index (χ1n) is 10.0. The van der Waals surface area contributed by atoms with Crippen LogP contribution in [0.4, 0.5) is 5.95 Å². The van der Waals surface area contributed by atoms with Crippen molar-refractivity contribution in [2.75, 3.05) is 5.01 Å². The lowest BCUT2D eigenvalue weighted by molar-refractivity contribution is -0.119. The van der Waals surface area contributed by atoms with Gasteiger partial charge in [0.15, 0.2) is 11.6 Å². The number of carbonyl (C=O) groups is 2. The number of allylic oxidation sites excluding steroid dienone is 2. The molecular formula is C23H19N5O3. The molecule has 154 valence electrons. The molecule has 1 aromatic carbocycles. The number of hydrazone groups is 1. The molecule has 8 nitrogen and oxygen atoms in total. The summed E-state index contributed by atoms with van der Waals surface area (Å²) in [5.41, 5.74) is 2.39. The fourth-order valence-corrected chi connectivity index (χ4v) is 4.16. The van der Waals surface area contributed by atoms with Gasteiger partial charge in [0.05, 0.1) is 0 Å². The van der Waals surface area contributed by atoms with Crippen molar-refractivity contribution in [1.29, 1.82) is 0 Å². The van der Waals surface area contributed by atoms with Crippen LogP contribution in [-0.2, 0) is 9.59 Å². The highest BCUT2D eigenvalue weighted by molar-refractivity contribution is 6.26. The Labute approximate surface area is 177 Å². The number of Topliss-reactive ketones (excluding diaryl/α,β-unsaturated/α-hetero) is 1. The summed E-state index contributed by atoms with van der Waals surface area (Å²) in [6, 6.07) is 11.2. The van der Waals surface area contributed by atoms with Crippen LogP contribution >= 0.6 is 0 Å². The Balaban J connectivity index is 1.45. The number of fused-ring (bicyclic) bond motifs is 2. The van der Waals surface area contributed by atoms with E-state index in [1.807, 2.05) is 42.5 Å². The van der Waals surface area contributed by atoms with Crippen molar-refractivity contribution < 1.29 is 9.59 Å². The summed E-state index contributed by atoms with van der Waals surface area (Å²) >= 11 is 0. The minimum atomic E-state index is -0.734. The average molecular weight is 413 g/mol. The van der Waals surface area contributed by atoms with E-state index in [9.17, 15) is 14.4 Å². The summed E-state index contributed by atoms with van der Waals surface area (Å²) in [6.07, 6.45) is 6.47. The molecule has 0 radical (unpaired) electrons. The average Bonchev–Trinajstić information content (AvgIpc) is 3.09. The van der Waals surface area contributed by atoms with Crippen molar-refractivity contribution in [3.63, 3.8) is 0 Å². The van der Waals surface area contributed by atoms with Crippen molar-refractivity contribution in [3.8, 4) is 0 Å². The first-order chi connectivity index (χ1) is 15.0. The lowest BCUT2D eigenvalue weighted by Crippen LogP contribution is -2.35. The number of aryl methyl sites for hydroxylation is 1. The molecular weight excluding hydrogens is 394 g/mol. The number of carbonyl (C=O) groups excluding carboxylic acids is 2. The number of benzene rings is 1. The zero-order chi connectivity index (χ0) is 21.5. The SMILES string of the molecule is Cc1cc(=O)[nH]c(N2N=C3N=CC4=C(CC(/C=C/c5ccccc5)CC4=O)C3C2=O)n1. The number of aromatic nitrogens is 2.